The van der Waals surface area contributed by atoms with Crippen LogP contribution in [-0.4, -0.2) is 23.4 Å². The van der Waals surface area contributed by atoms with E-state index >= 15 is 0 Å². The average Bonchev–Trinajstić information content (AvgIpc) is 2.45. The summed E-state index contributed by atoms with van der Waals surface area (Å²) in [6.07, 6.45) is 1.75. The van der Waals surface area contributed by atoms with Gasteiger partial charge < -0.3 is 9.53 Å². The van der Waals surface area contributed by atoms with Crippen molar-refractivity contribution in [2.75, 3.05) is 0 Å². The second kappa shape index (κ2) is 6.18. The van der Waals surface area contributed by atoms with Gasteiger partial charge in [0.05, 0.1) is 12.3 Å². The zero-order valence-corrected chi connectivity index (χ0v) is 14.9. The highest BCUT2D eigenvalue weighted by atomic mass is 28.4. The number of hydrogen-bond acceptors (Lipinski definition) is 4. The number of phenols is 1. The van der Waals surface area contributed by atoms with Gasteiger partial charge in [0.15, 0.2) is 14.1 Å². The summed E-state index contributed by atoms with van der Waals surface area (Å²) in [6.45, 7) is 11.6. The molecule has 0 saturated heterocycles. The Morgan fingerprint density at radius 2 is 1.73 bits per heavy atom. The molecule has 0 aliphatic rings. The molecule has 0 saturated carbocycles. The quantitative estimate of drug-likeness (QED) is 0.851. The first-order valence-electron chi connectivity index (χ1n) is 7.44. The topological polar surface area (TPSA) is 55.2 Å². The monoisotopic (exact) mass is 316 g/mol. The predicted molar refractivity (Wildman–Crippen MR) is 91.1 cm³/mol. The van der Waals surface area contributed by atoms with Gasteiger partial charge in [0.2, 0.25) is 0 Å². The Morgan fingerprint density at radius 3 is 2.32 bits per heavy atom. The largest absolute Gasteiger partial charge is 0.508 e. The second-order valence-electron chi connectivity index (χ2n) is 6.97. The molecule has 0 fully saturated rings. The third-order valence-corrected chi connectivity index (χ3v) is 8.70. The minimum atomic E-state index is -1.79. The van der Waals surface area contributed by atoms with E-state index in [2.05, 4.69) is 43.8 Å². The zero-order valence-electron chi connectivity index (χ0n) is 13.9. The van der Waals surface area contributed by atoms with Crippen molar-refractivity contribution in [3.8, 4) is 17.1 Å². The second-order valence-corrected chi connectivity index (χ2v) is 11.8. The molecule has 0 amide bonds. The van der Waals surface area contributed by atoms with E-state index in [0.717, 1.165) is 11.3 Å². The van der Waals surface area contributed by atoms with Crippen LogP contribution in [0, 0.1) is 0 Å². The van der Waals surface area contributed by atoms with Crippen LogP contribution in [0.4, 0.5) is 0 Å². The Hall–Kier alpha value is -1.72. The van der Waals surface area contributed by atoms with Crippen LogP contribution in [0.2, 0.25) is 18.1 Å². The number of benzene rings is 1. The molecule has 0 spiro atoms. The molecular formula is C17H24N2O2Si. The molecule has 0 bridgehead atoms. The van der Waals surface area contributed by atoms with Crippen LogP contribution in [-0.2, 0) is 11.0 Å². The normalized spacial score (nSPS) is 12.4. The number of phenolic OH excluding ortho intramolecular Hbond substituents is 1. The van der Waals surface area contributed by atoms with Gasteiger partial charge in [-0.15, -0.1) is 0 Å². The van der Waals surface area contributed by atoms with Crippen molar-refractivity contribution in [3.05, 3.63) is 42.2 Å². The molecule has 2 aromatic rings. The van der Waals surface area contributed by atoms with E-state index in [1.807, 2.05) is 18.2 Å². The van der Waals surface area contributed by atoms with Gasteiger partial charge in [0.1, 0.15) is 5.75 Å². The summed E-state index contributed by atoms with van der Waals surface area (Å²) in [4.78, 5) is 8.86. The summed E-state index contributed by atoms with van der Waals surface area (Å²) in [7, 11) is -1.79. The maximum absolute atomic E-state index is 9.35. The standard InChI is InChI=1S/C17H24N2O2Si/c1-17(2,3)22(4,5)21-12-14-10-11-18-16(19-14)13-6-8-15(20)9-7-13/h6-11,20H,12H2,1-5H3. The molecule has 118 valence electrons. The Kier molecular flexibility index (Phi) is 4.68. The lowest BCUT2D eigenvalue weighted by Gasteiger charge is -2.36. The molecule has 0 aliphatic heterocycles. The van der Waals surface area contributed by atoms with Gasteiger partial charge in [-0.25, -0.2) is 9.97 Å². The van der Waals surface area contributed by atoms with Gasteiger partial charge >= 0.3 is 0 Å². The smallest absolute Gasteiger partial charge is 0.192 e. The third kappa shape index (κ3) is 3.93. The van der Waals surface area contributed by atoms with E-state index < -0.39 is 8.32 Å². The average molecular weight is 316 g/mol. The molecule has 22 heavy (non-hydrogen) atoms. The van der Waals surface area contributed by atoms with Crippen molar-refractivity contribution >= 4 is 8.32 Å². The van der Waals surface area contributed by atoms with E-state index in [-0.39, 0.29) is 10.8 Å². The Balaban J connectivity index is 2.14. The summed E-state index contributed by atoms with van der Waals surface area (Å²) in [5.41, 5.74) is 1.76. The molecule has 4 nitrogen and oxygen atoms in total. The molecule has 0 radical (unpaired) electrons. The maximum Gasteiger partial charge on any atom is 0.192 e. The number of hydrogen-bond donors (Lipinski definition) is 1. The van der Waals surface area contributed by atoms with Gasteiger partial charge in [0.25, 0.3) is 0 Å². The first-order valence-corrected chi connectivity index (χ1v) is 10.4. The van der Waals surface area contributed by atoms with Crippen molar-refractivity contribution in [3.63, 3.8) is 0 Å². The Bertz CT molecular complexity index is 634. The van der Waals surface area contributed by atoms with Crippen LogP contribution in [0.25, 0.3) is 11.4 Å². The number of rotatable bonds is 4. The van der Waals surface area contributed by atoms with Crippen molar-refractivity contribution in [2.24, 2.45) is 0 Å². The maximum atomic E-state index is 9.35. The first-order chi connectivity index (χ1) is 10.2. The Morgan fingerprint density at radius 1 is 1.09 bits per heavy atom. The van der Waals surface area contributed by atoms with Crippen LogP contribution in [0.1, 0.15) is 26.5 Å². The minimum absolute atomic E-state index is 0.180. The molecule has 2 rings (SSSR count). The van der Waals surface area contributed by atoms with Gasteiger partial charge in [0, 0.05) is 11.8 Å². The fraction of sp³-hybridized carbons (Fsp3) is 0.412. The van der Waals surface area contributed by atoms with E-state index in [1.54, 1.807) is 18.3 Å². The molecule has 0 unspecified atom stereocenters. The molecule has 1 heterocycles. The summed E-state index contributed by atoms with van der Waals surface area (Å²) >= 11 is 0. The third-order valence-electron chi connectivity index (χ3n) is 4.23. The Labute approximate surface area is 133 Å². The molecule has 0 atom stereocenters. The van der Waals surface area contributed by atoms with E-state index in [9.17, 15) is 5.11 Å². The number of nitrogens with zero attached hydrogens (tertiary/aromatic N) is 2. The molecule has 1 aromatic heterocycles. The summed E-state index contributed by atoms with van der Waals surface area (Å²) < 4.78 is 6.20. The molecule has 0 aliphatic carbocycles. The molecule has 5 heteroatoms. The van der Waals surface area contributed by atoms with Crippen molar-refractivity contribution in [1.29, 1.82) is 0 Å². The summed E-state index contributed by atoms with van der Waals surface area (Å²) in [5.74, 6) is 0.887. The highest BCUT2D eigenvalue weighted by Crippen LogP contribution is 2.37. The van der Waals surface area contributed by atoms with Crippen molar-refractivity contribution in [2.45, 2.75) is 45.5 Å². The van der Waals surface area contributed by atoms with Gasteiger partial charge in [-0.05, 0) is 48.5 Å². The first kappa shape index (κ1) is 16.6. The van der Waals surface area contributed by atoms with E-state index in [0.29, 0.717) is 12.4 Å². The van der Waals surface area contributed by atoms with Crippen LogP contribution >= 0.6 is 0 Å². The van der Waals surface area contributed by atoms with Crippen LogP contribution in [0.15, 0.2) is 36.5 Å². The minimum Gasteiger partial charge on any atom is -0.508 e. The number of aromatic hydroxyl groups is 1. The molecule has 1 aromatic carbocycles. The lowest BCUT2D eigenvalue weighted by Crippen LogP contribution is -2.40. The predicted octanol–water partition coefficient (Wildman–Crippen LogP) is 4.37. The molecule has 1 N–H and O–H groups in total. The van der Waals surface area contributed by atoms with Crippen molar-refractivity contribution < 1.29 is 9.53 Å². The lowest BCUT2D eigenvalue weighted by atomic mass is 10.2. The summed E-state index contributed by atoms with van der Waals surface area (Å²) in [6, 6.07) is 8.78. The summed E-state index contributed by atoms with van der Waals surface area (Å²) in [5, 5.41) is 9.53. The van der Waals surface area contributed by atoms with E-state index in [4.69, 9.17) is 4.43 Å². The molecular weight excluding hydrogens is 292 g/mol. The SMILES string of the molecule is CC(C)(C)[Si](C)(C)OCc1ccnc(-c2ccc(O)cc2)n1. The van der Waals surface area contributed by atoms with Crippen LogP contribution in [0.5, 0.6) is 5.75 Å². The van der Waals surface area contributed by atoms with Crippen molar-refractivity contribution in [1.82, 2.24) is 9.97 Å². The lowest BCUT2D eigenvalue weighted by molar-refractivity contribution is 0.272. The fourth-order valence-corrected chi connectivity index (χ4v) is 2.64. The highest BCUT2D eigenvalue weighted by Gasteiger charge is 2.37. The fourth-order valence-electron chi connectivity index (χ4n) is 1.70. The highest BCUT2D eigenvalue weighted by molar-refractivity contribution is 6.74. The van der Waals surface area contributed by atoms with Gasteiger partial charge in [-0.3, -0.25) is 0 Å². The zero-order chi connectivity index (χ0) is 16.4. The van der Waals surface area contributed by atoms with Gasteiger partial charge in [-0.2, -0.15) is 0 Å². The van der Waals surface area contributed by atoms with Gasteiger partial charge in [-0.1, -0.05) is 20.8 Å². The van der Waals surface area contributed by atoms with Crippen LogP contribution in [0.3, 0.4) is 0 Å². The van der Waals surface area contributed by atoms with Crippen LogP contribution < -0.4 is 0 Å². The van der Waals surface area contributed by atoms with E-state index in [1.165, 1.54) is 0 Å². The number of aromatic nitrogens is 2.